The van der Waals surface area contributed by atoms with Gasteiger partial charge in [-0.3, -0.25) is 0 Å². The predicted octanol–water partition coefficient (Wildman–Crippen LogP) is 4.17. The molecule has 1 saturated heterocycles. The SMILES string of the molecule is CC[C@@H](C)c1nc(N2CCOCC2)c2c3c(sc2n1)C[C@@H](C)CC3. The smallest absolute Gasteiger partial charge is 0.141 e. The van der Waals surface area contributed by atoms with Gasteiger partial charge in [-0.15, -0.1) is 11.3 Å². The van der Waals surface area contributed by atoms with Crippen molar-refractivity contribution in [1.82, 2.24) is 9.97 Å². The number of ether oxygens (including phenoxy) is 1. The van der Waals surface area contributed by atoms with Crippen LogP contribution >= 0.6 is 11.3 Å². The van der Waals surface area contributed by atoms with Gasteiger partial charge < -0.3 is 9.64 Å². The van der Waals surface area contributed by atoms with E-state index in [1.54, 1.807) is 4.88 Å². The zero-order valence-electron chi connectivity index (χ0n) is 15.0. The van der Waals surface area contributed by atoms with Crippen LogP contribution in [0.5, 0.6) is 0 Å². The maximum absolute atomic E-state index is 5.56. The second-order valence-corrected chi connectivity index (χ2v) is 8.43. The second-order valence-electron chi connectivity index (χ2n) is 7.35. The van der Waals surface area contributed by atoms with E-state index in [0.29, 0.717) is 5.92 Å². The number of rotatable bonds is 3. The zero-order valence-corrected chi connectivity index (χ0v) is 15.8. The van der Waals surface area contributed by atoms with Crippen LogP contribution in [0.2, 0.25) is 0 Å². The molecule has 5 heteroatoms. The van der Waals surface area contributed by atoms with Gasteiger partial charge >= 0.3 is 0 Å². The van der Waals surface area contributed by atoms with E-state index in [0.717, 1.165) is 44.5 Å². The van der Waals surface area contributed by atoms with Crippen LogP contribution < -0.4 is 4.90 Å². The van der Waals surface area contributed by atoms with Gasteiger partial charge in [0.2, 0.25) is 0 Å². The number of hydrogen-bond acceptors (Lipinski definition) is 5. The van der Waals surface area contributed by atoms with Crippen molar-refractivity contribution in [3.8, 4) is 0 Å². The molecular formula is C19H27N3OS. The molecule has 0 N–H and O–H groups in total. The van der Waals surface area contributed by atoms with Crippen LogP contribution in [0.1, 0.15) is 55.8 Å². The molecule has 4 rings (SSSR count). The molecule has 0 spiro atoms. The summed E-state index contributed by atoms with van der Waals surface area (Å²) >= 11 is 1.91. The summed E-state index contributed by atoms with van der Waals surface area (Å²) in [6, 6.07) is 0. The van der Waals surface area contributed by atoms with Gasteiger partial charge in [0.15, 0.2) is 0 Å². The lowest BCUT2D eigenvalue weighted by atomic mass is 9.89. The van der Waals surface area contributed by atoms with Crippen molar-refractivity contribution < 1.29 is 4.74 Å². The Morgan fingerprint density at radius 2 is 2.08 bits per heavy atom. The molecule has 0 unspecified atom stereocenters. The number of fused-ring (bicyclic) bond motifs is 3. The molecule has 1 fully saturated rings. The molecular weight excluding hydrogens is 318 g/mol. The number of aromatic nitrogens is 2. The third-order valence-electron chi connectivity index (χ3n) is 5.52. The Kier molecular flexibility index (Phi) is 4.48. The van der Waals surface area contributed by atoms with E-state index in [1.807, 2.05) is 11.3 Å². The van der Waals surface area contributed by atoms with Crippen LogP contribution in [0.15, 0.2) is 0 Å². The average molecular weight is 346 g/mol. The number of anilines is 1. The quantitative estimate of drug-likeness (QED) is 0.837. The Labute approximate surface area is 148 Å². The Morgan fingerprint density at radius 1 is 1.29 bits per heavy atom. The molecule has 1 aliphatic heterocycles. The van der Waals surface area contributed by atoms with Crippen molar-refractivity contribution in [3.63, 3.8) is 0 Å². The van der Waals surface area contributed by atoms with Gasteiger partial charge in [0.1, 0.15) is 16.5 Å². The first-order valence-electron chi connectivity index (χ1n) is 9.32. The first-order valence-corrected chi connectivity index (χ1v) is 10.1. The molecule has 0 bridgehead atoms. The van der Waals surface area contributed by atoms with Crippen LogP contribution in [-0.4, -0.2) is 36.3 Å². The first kappa shape index (κ1) is 16.3. The Bertz CT molecular complexity index is 736. The normalized spacial score (nSPS) is 22.6. The first-order chi connectivity index (χ1) is 11.7. The molecule has 130 valence electrons. The number of hydrogen-bond donors (Lipinski definition) is 0. The topological polar surface area (TPSA) is 38.2 Å². The largest absolute Gasteiger partial charge is 0.378 e. The molecule has 1 aliphatic carbocycles. The van der Waals surface area contributed by atoms with Crippen LogP contribution in [-0.2, 0) is 17.6 Å². The van der Waals surface area contributed by atoms with Crippen LogP contribution in [0.4, 0.5) is 5.82 Å². The lowest BCUT2D eigenvalue weighted by Gasteiger charge is -2.29. The van der Waals surface area contributed by atoms with Gasteiger partial charge in [0.25, 0.3) is 0 Å². The third-order valence-corrected chi connectivity index (χ3v) is 6.67. The highest BCUT2D eigenvalue weighted by Crippen LogP contribution is 2.41. The van der Waals surface area contributed by atoms with E-state index in [4.69, 9.17) is 14.7 Å². The minimum atomic E-state index is 0.409. The third kappa shape index (κ3) is 2.82. The molecule has 0 radical (unpaired) electrons. The fourth-order valence-corrected chi connectivity index (χ4v) is 5.13. The molecule has 2 aromatic heterocycles. The van der Waals surface area contributed by atoms with Gasteiger partial charge in [-0.2, -0.15) is 0 Å². The van der Waals surface area contributed by atoms with Crippen molar-refractivity contribution in [1.29, 1.82) is 0 Å². The fourth-order valence-electron chi connectivity index (χ4n) is 3.75. The summed E-state index contributed by atoms with van der Waals surface area (Å²) in [7, 11) is 0. The standard InChI is InChI=1S/C19H27N3OS/c1-4-13(3)17-20-18(22-7-9-23-10-8-22)16-14-6-5-12(2)11-15(14)24-19(16)21-17/h12-13H,4-11H2,1-3H3/t12-,13+/m0/s1. The van der Waals surface area contributed by atoms with Crippen molar-refractivity contribution in [2.45, 2.75) is 52.4 Å². The highest BCUT2D eigenvalue weighted by molar-refractivity contribution is 7.19. The van der Waals surface area contributed by atoms with Gasteiger partial charge in [0, 0.05) is 23.9 Å². The van der Waals surface area contributed by atoms with E-state index < -0.39 is 0 Å². The van der Waals surface area contributed by atoms with Gasteiger partial charge in [-0.1, -0.05) is 20.8 Å². The minimum Gasteiger partial charge on any atom is -0.378 e. The van der Waals surface area contributed by atoms with Crippen molar-refractivity contribution in [2.24, 2.45) is 5.92 Å². The fraction of sp³-hybridized carbons (Fsp3) is 0.684. The number of aryl methyl sites for hydroxylation is 1. The Balaban J connectivity index is 1.88. The maximum Gasteiger partial charge on any atom is 0.141 e. The summed E-state index contributed by atoms with van der Waals surface area (Å²) < 4.78 is 5.56. The van der Waals surface area contributed by atoms with Crippen molar-refractivity contribution in [3.05, 3.63) is 16.3 Å². The summed E-state index contributed by atoms with van der Waals surface area (Å²) in [5.41, 5.74) is 1.53. The molecule has 24 heavy (non-hydrogen) atoms. The van der Waals surface area contributed by atoms with Crippen LogP contribution in [0.3, 0.4) is 0 Å². The summed E-state index contributed by atoms with van der Waals surface area (Å²) in [4.78, 5) is 15.2. The lowest BCUT2D eigenvalue weighted by Crippen LogP contribution is -2.37. The molecule has 2 aliphatic rings. The predicted molar refractivity (Wildman–Crippen MR) is 100 cm³/mol. The monoisotopic (exact) mass is 345 g/mol. The zero-order chi connectivity index (χ0) is 16.7. The molecule has 0 aromatic carbocycles. The van der Waals surface area contributed by atoms with E-state index in [-0.39, 0.29) is 0 Å². The maximum atomic E-state index is 5.56. The molecule has 0 saturated carbocycles. The van der Waals surface area contributed by atoms with Gasteiger partial charge in [-0.05, 0) is 37.2 Å². The summed E-state index contributed by atoms with van der Waals surface area (Å²) in [6.45, 7) is 10.3. The van der Waals surface area contributed by atoms with Gasteiger partial charge in [-0.25, -0.2) is 9.97 Å². The lowest BCUT2D eigenvalue weighted by molar-refractivity contribution is 0.122. The molecule has 2 atom stereocenters. The van der Waals surface area contributed by atoms with Crippen molar-refractivity contribution >= 4 is 27.4 Å². The highest BCUT2D eigenvalue weighted by atomic mass is 32.1. The number of thiophene rings is 1. The molecule has 2 aromatic rings. The molecule has 3 heterocycles. The van der Waals surface area contributed by atoms with Crippen LogP contribution in [0.25, 0.3) is 10.2 Å². The Morgan fingerprint density at radius 3 is 2.83 bits per heavy atom. The summed E-state index contributed by atoms with van der Waals surface area (Å²) in [6.07, 6.45) is 4.75. The van der Waals surface area contributed by atoms with E-state index >= 15 is 0 Å². The minimum absolute atomic E-state index is 0.409. The molecule has 0 amide bonds. The molecule has 4 nitrogen and oxygen atoms in total. The van der Waals surface area contributed by atoms with E-state index in [9.17, 15) is 0 Å². The summed E-state index contributed by atoms with van der Waals surface area (Å²) in [5.74, 6) is 3.38. The highest BCUT2D eigenvalue weighted by Gasteiger charge is 2.27. The Hall–Kier alpha value is -1.20. The van der Waals surface area contributed by atoms with Crippen molar-refractivity contribution in [2.75, 3.05) is 31.2 Å². The second kappa shape index (κ2) is 6.60. The average Bonchev–Trinajstić information content (AvgIpc) is 2.98. The number of morpholine rings is 1. The van der Waals surface area contributed by atoms with Crippen LogP contribution in [0, 0.1) is 5.92 Å². The van der Waals surface area contributed by atoms with E-state index in [1.165, 1.54) is 40.9 Å². The number of nitrogens with zero attached hydrogens (tertiary/aromatic N) is 3. The van der Waals surface area contributed by atoms with E-state index in [2.05, 4.69) is 25.7 Å². The summed E-state index contributed by atoms with van der Waals surface area (Å²) in [5, 5.41) is 1.34. The van der Waals surface area contributed by atoms with Gasteiger partial charge in [0.05, 0.1) is 18.6 Å².